The van der Waals surface area contributed by atoms with Gasteiger partial charge in [-0.2, -0.15) is 0 Å². The second-order valence-electron chi connectivity index (χ2n) is 4.90. The maximum absolute atomic E-state index is 10.7. The van der Waals surface area contributed by atoms with Crippen molar-refractivity contribution in [1.29, 1.82) is 0 Å². The lowest BCUT2D eigenvalue weighted by Crippen LogP contribution is -1.97. The third-order valence-electron chi connectivity index (χ3n) is 3.44. The van der Waals surface area contributed by atoms with Gasteiger partial charge in [0.1, 0.15) is 12.1 Å². The summed E-state index contributed by atoms with van der Waals surface area (Å²) in [5, 5.41) is 0. The number of aromatic amines is 1. The molecule has 3 nitrogen and oxygen atoms in total. The zero-order valence-corrected chi connectivity index (χ0v) is 11.8. The molecule has 3 heteroatoms. The molecule has 0 amide bonds. The number of carbonyl (C=O) groups is 1. The normalized spacial score (nSPS) is 12.1. The number of rotatable bonds is 7. The fourth-order valence-electron chi connectivity index (χ4n) is 2.20. The highest BCUT2D eigenvalue weighted by atomic mass is 16.1. The minimum atomic E-state index is 0.276. The molecule has 1 aromatic heterocycles. The van der Waals surface area contributed by atoms with Crippen LogP contribution in [0.3, 0.4) is 0 Å². The molecule has 0 spiro atoms. The molecule has 1 unspecified atom stereocenters. The number of carbonyl (C=O) groups excluding carboxylic acids is 1. The average molecular weight is 268 g/mol. The van der Waals surface area contributed by atoms with E-state index in [2.05, 4.69) is 23.5 Å². The topological polar surface area (TPSA) is 45.8 Å². The number of nitrogens with zero attached hydrogens (tertiary/aromatic N) is 1. The number of aromatic nitrogens is 2. The van der Waals surface area contributed by atoms with Crippen molar-refractivity contribution < 1.29 is 4.79 Å². The predicted octanol–water partition coefficient (Wildman–Crippen LogP) is 4.35. The molecule has 0 bridgehead atoms. The highest BCUT2D eigenvalue weighted by molar-refractivity contribution is 5.76. The van der Waals surface area contributed by atoms with Crippen molar-refractivity contribution in [3.8, 4) is 11.3 Å². The molecule has 20 heavy (non-hydrogen) atoms. The quantitative estimate of drug-likeness (QED) is 0.599. The van der Waals surface area contributed by atoms with Crippen molar-refractivity contribution >= 4 is 6.29 Å². The van der Waals surface area contributed by atoms with Crippen molar-refractivity contribution in [2.45, 2.75) is 32.1 Å². The van der Waals surface area contributed by atoms with E-state index in [4.69, 9.17) is 0 Å². The number of nitrogens with one attached hydrogen (secondary N) is 1. The number of allylic oxidation sites excluding steroid dienone is 1. The van der Waals surface area contributed by atoms with Gasteiger partial charge >= 0.3 is 0 Å². The molecule has 1 N–H and O–H groups in total. The number of benzene rings is 1. The van der Waals surface area contributed by atoms with Gasteiger partial charge < -0.3 is 4.98 Å². The fourth-order valence-corrected chi connectivity index (χ4v) is 2.20. The Labute approximate surface area is 119 Å². The number of imidazole rings is 1. The molecule has 0 aliphatic heterocycles. The van der Waals surface area contributed by atoms with E-state index in [1.807, 2.05) is 24.4 Å². The summed E-state index contributed by atoms with van der Waals surface area (Å²) in [4.78, 5) is 18.5. The van der Waals surface area contributed by atoms with E-state index in [1.54, 1.807) is 12.1 Å². The van der Waals surface area contributed by atoms with Crippen molar-refractivity contribution in [3.05, 3.63) is 54.5 Å². The van der Waals surface area contributed by atoms with Crippen LogP contribution in [0.1, 0.15) is 48.3 Å². The van der Waals surface area contributed by atoms with Gasteiger partial charge in [-0.25, -0.2) is 4.98 Å². The van der Waals surface area contributed by atoms with Gasteiger partial charge in [0.25, 0.3) is 0 Å². The van der Waals surface area contributed by atoms with Gasteiger partial charge in [-0.15, -0.1) is 6.58 Å². The molecular weight excluding hydrogens is 248 g/mol. The molecule has 2 aromatic rings. The number of H-pyrrole nitrogens is 1. The smallest absolute Gasteiger partial charge is 0.150 e. The van der Waals surface area contributed by atoms with Crippen LogP contribution in [0.15, 0.2) is 43.1 Å². The predicted molar refractivity (Wildman–Crippen MR) is 81.9 cm³/mol. The molecule has 0 aliphatic rings. The van der Waals surface area contributed by atoms with Gasteiger partial charge in [0.15, 0.2) is 0 Å². The van der Waals surface area contributed by atoms with Crippen molar-refractivity contribution in [1.82, 2.24) is 9.97 Å². The number of hydrogen-bond donors (Lipinski definition) is 1. The van der Waals surface area contributed by atoms with Crippen LogP contribution >= 0.6 is 0 Å². The summed E-state index contributed by atoms with van der Waals surface area (Å²) in [5.41, 5.74) is 2.59. The van der Waals surface area contributed by atoms with E-state index in [0.29, 0.717) is 5.56 Å². The van der Waals surface area contributed by atoms with E-state index < -0.39 is 0 Å². The highest BCUT2D eigenvalue weighted by Gasteiger charge is 2.12. The molecule has 0 saturated heterocycles. The lowest BCUT2D eigenvalue weighted by Gasteiger charge is -2.07. The molecule has 0 radical (unpaired) electrons. The van der Waals surface area contributed by atoms with Gasteiger partial charge in [0.2, 0.25) is 0 Å². The van der Waals surface area contributed by atoms with Gasteiger partial charge in [-0.05, 0) is 6.42 Å². The molecule has 1 aromatic carbocycles. The van der Waals surface area contributed by atoms with Crippen LogP contribution in [-0.2, 0) is 0 Å². The molecule has 0 saturated carbocycles. The first-order valence-corrected chi connectivity index (χ1v) is 7.02. The molecule has 1 heterocycles. The third-order valence-corrected chi connectivity index (χ3v) is 3.44. The van der Waals surface area contributed by atoms with Crippen LogP contribution in [0, 0.1) is 0 Å². The molecule has 104 valence electrons. The Balaban J connectivity index is 2.18. The maximum atomic E-state index is 10.7. The lowest BCUT2D eigenvalue weighted by atomic mass is 10.0. The fraction of sp³-hybridized carbons (Fsp3) is 0.294. The molecule has 1 atom stereocenters. The Morgan fingerprint density at radius 2 is 2.10 bits per heavy atom. The van der Waals surface area contributed by atoms with Gasteiger partial charge in [-0.1, -0.05) is 50.1 Å². The summed E-state index contributed by atoms with van der Waals surface area (Å²) in [6.45, 7) is 6.08. The van der Waals surface area contributed by atoms with Crippen LogP contribution in [0.2, 0.25) is 0 Å². The summed E-state index contributed by atoms with van der Waals surface area (Å²) >= 11 is 0. The third kappa shape index (κ3) is 3.23. The molecule has 0 fully saturated rings. The van der Waals surface area contributed by atoms with Crippen molar-refractivity contribution in [3.63, 3.8) is 0 Å². The second-order valence-corrected chi connectivity index (χ2v) is 4.90. The summed E-state index contributed by atoms with van der Waals surface area (Å²) < 4.78 is 0. The largest absolute Gasteiger partial charge is 0.347 e. The van der Waals surface area contributed by atoms with Crippen LogP contribution in [0.5, 0.6) is 0 Å². The lowest BCUT2D eigenvalue weighted by molar-refractivity contribution is 0.112. The number of unbranched alkanes of at least 4 members (excludes halogenated alkanes) is 1. The minimum absolute atomic E-state index is 0.276. The van der Waals surface area contributed by atoms with Gasteiger partial charge in [0.05, 0.1) is 5.69 Å². The summed E-state index contributed by atoms with van der Waals surface area (Å²) in [5.74, 6) is 1.24. The molecule has 0 aliphatic carbocycles. The first kappa shape index (κ1) is 14.3. The van der Waals surface area contributed by atoms with Crippen LogP contribution in [0.25, 0.3) is 11.3 Å². The first-order valence-electron chi connectivity index (χ1n) is 7.02. The standard InChI is InChI=1S/C17H20N2O/c1-3-5-6-14(4-2)17-18-11-16(19-17)15-9-7-13(12-20)8-10-15/h4,7-12,14H,2-3,5-6H2,1H3,(H,18,19). The maximum Gasteiger partial charge on any atom is 0.150 e. The number of hydrogen-bond acceptors (Lipinski definition) is 2. The van der Waals surface area contributed by atoms with E-state index in [0.717, 1.165) is 29.8 Å². The summed E-state index contributed by atoms with van der Waals surface area (Å²) in [6.07, 6.45) is 8.11. The Morgan fingerprint density at radius 1 is 1.35 bits per heavy atom. The van der Waals surface area contributed by atoms with Crippen LogP contribution < -0.4 is 0 Å². The zero-order valence-electron chi connectivity index (χ0n) is 11.8. The highest BCUT2D eigenvalue weighted by Crippen LogP contribution is 2.24. The summed E-state index contributed by atoms with van der Waals surface area (Å²) in [7, 11) is 0. The minimum Gasteiger partial charge on any atom is -0.347 e. The monoisotopic (exact) mass is 268 g/mol. The van der Waals surface area contributed by atoms with E-state index in [1.165, 1.54) is 12.8 Å². The number of aldehydes is 1. The first-order chi connectivity index (χ1) is 9.78. The van der Waals surface area contributed by atoms with Crippen molar-refractivity contribution in [2.75, 3.05) is 0 Å². The Kier molecular flexibility index (Phi) is 4.88. The van der Waals surface area contributed by atoms with E-state index in [-0.39, 0.29) is 5.92 Å². The SMILES string of the molecule is C=CC(CCCC)c1nc(-c2ccc(C=O)cc2)c[nH]1. The second kappa shape index (κ2) is 6.85. The van der Waals surface area contributed by atoms with Crippen LogP contribution in [0.4, 0.5) is 0 Å². The molecule has 2 rings (SSSR count). The molecular formula is C17H20N2O. The van der Waals surface area contributed by atoms with Crippen LogP contribution in [-0.4, -0.2) is 16.3 Å². The zero-order chi connectivity index (χ0) is 14.4. The van der Waals surface area contributed by atoms with Gasteiger partial charge in [-0.3, -0.25) is 4.79 Å². The van der Waals surface area contributed by atoms with Crippen molar-refractivity contribution in [2.24, 2.45) is 0 Å². The summed E-state index contributed by atoms with van der Waals surface area (Å²) in [6, 6.07) is 7.44. The Morgan fingerprint density at radius 3 is 2.70 bits per heavy atom. The van der Waals surface area contributed by atoms with E-state index >= 15 is 0 Å². The Bertz CT molecular complexity index is 569. The average Bonchev–Trinajstić information content (AvgIpc) is 2.98. The Hall–Kier alpha value is -2.16. The van der Waals surface area contributed by atoms with E-state index in [9.17, 15) is 4.79 Å². The van der Waals surface area contributed by atoms with Gasteiger partial charge in [0, 0.05) is 23.2 Å².